The molecule has 172 valence electrons. The summed E-state index contributed by atoms with van der Waals surface area (Å²) in [6, 6.07) is 15.5. The Balaban J connectivity index is 1.13. The maximum absolute atomic E-state index is 12.6. The number of benzene rings is 2. The van der Waals surface area contributed by atoms with Gasteiger partial charge in [0.2, 0.25) is 5.91 Å². The van der Waals surface area contributed by atoms with Crippen molar-refractivity contribution in [2.24, 2.45) is 17.8 Å². The number of alkyl carbamates (subject to hydrolysis) is 1. The Morgan fingerprint density at radius 3 is 2.27 bits per heavy atom. The molecule has 2 aromatic rings. The smallest absolute Gasteiger partial charge is 0.407 e. The minimum absolute atomic E-state index is 0.0152. The standard InChI is InChI=1S/C26H28N2O5/c1-14(24(29)28-23-12-15-10-16(25(30)31)11-21(15)23)27-26(32)33-13-22-19-8-4-2-6-17(19)18-7-3-5-9-20(18)22/h2-9,14-16,21-23H,10-13H2,1H3,(H,27,32)(H,28,29)(H,30,31)/t14-,15+,16?,21+,23-/m0/s1. The Morgan fingerprint density at radius 1 is 1.00 bits per heavy atom. The molecule has 3 N–H and O–H groups in total. The van der Waals surface area contributed by atoms with Crippen LogP contribution in [0.25, 0.3) is 11.1 Å². The van der Waals surface area contributed by atoms with Gasteiger partial charge in [0.05, 0.1) is 5.92 Å². The molecule has 5 atom stereocenters. The van der Waals surface area contributed by atoms with Gasteiger partial charge in [-0.3, -0.25) is 9.59 Å². The molecule has 2 aromatic carbocycles. The molecular weight excluding hydrogens is 420 g/mol. The number of rotatable bonds is 6. The van der Waals surface area contributed by atoms with Crippen LogP contribution in [0.3, 0.4) is 0 Å². The number of hydrogen-bond donors (Lipinski definition) is 3. The highest BCUT2D eigenvalue weighted by Gasteiger charge is 2.50. The third-order valence-corrected chi connectivity index (χ3v) is 7.57. The molecule has 2 amide bonds. The molecular formula is C26H28N2O5. The van der Waals surface area contributed by atoms with E-state index < -0.39 is 18.1 Å². The molecule has 0 aliphatic heterocycles. The van der Waals surface area contributed by atoms with Crippen LogP contribution in [0, 0.1) is 17.8 Å². The van der Waals surface area contributed by atoms with Crippen LogP contribution < -0.4 is 10.6 Å². The van der Waals surface area contributed by atoms with Crippen LogP contribution in [-0.4, -0.2) is 41.8 Å². The predicted octanol–water partition coefficient (Wildman–Crippen LogP) is 3.53. The number of amides is 2. The molecule has 7 nitrogen and oxygen atoms in total. The third kappa shape index (κ3) is 3.96. The van der Waals surface area contributed by atoms with Gasteiger partial charge in [-0.2, -0.15) is 0 Å². The number of ether oxygens (including phenoxy) is 1. The topological polar surface area (TPSA) is 105 Å². The number of aliphatic carboxylic acids is 1. The highest BCUT2D eigenvalue weighted by molar-refractivity contribution is 5.85. The van der Waals surface area contributed by atoms with Gasteiger partial charge in [-0.05, 0) is 60.3 Å². The van der Waals surface area contributed by atoms with Crippen molar-refractivity contribution in [3.63, 3.8) is 0 Å². The molecule has 0 bridgehead atoms. The lowest BCUT2D eigenvalue weighted by Gasteiger charge is -2.41. The van der Waals surface area contributed by atoms with E-state index in [2.05, 4.69) is 34.9 Å². The van der Waals surface area contributed by atoms with Gasteiger partial charge in [0, 0.05) is 12.0 Å². The van der Waals surface area contributed by atoms with Gasteiger partial charge in [-0.1, -0.05) is 48.5 Å². The maximum atomic E-state index is 12.6. The molecule has 0 spiro atoms. The third-order valence-electron chi connectivity index (χ3n) is 7.57. The van der Waals surface area contributed by atoms with Gasteiger partial charge in [-0.15, -0.1) is 0 Å². The van der Waals surface area contributed by atoms with Crippen molar-refractivity contribution >= 4 is 18.0 Å². The van der Waals surface area contributed by atoms with E-state index in [-0.39, 0.29) is 36.3 Å². The van der Waals surface area contributed by atoms with Crippen molar-refractivity contribution in [2.75, 3.05) is 6.61 Å². The van der Waals surface area contributed by atoms with Gasteiger partial charge in [0.25, 0.3) is 0 Å². The summed E-state index contributed by atoms with van der Waals surface area (Å²) in [4.78, 5) is 36.2. The Bertz CT molecular complexity index is 1050. The molecule has 0 saturated heterocycles. The van der Waals surface area contributed by atoms with Crippen LogP contribution in [0.4, 0.5) is 4.79 Å². The molecule has 2 saturated carbocycles. The zero-order chi connectivity index (χ0) is 23.1. The van der Waals surface area contributed by atoms with E-state index >= 15 is 0 Å². The maximum Gasteiger partial charge on any atom is 0.407 e. The fourth-order valence-corrected chi connectivity index (χ4v) is 5.78. The molecule has 0 radical (unpaired) electrons. The minimum Gasteiger partial charge on any atom is -0.481 e. The lowest BCUT2D eigenvalue weighted by Crippen LogP contribution is -2.55. The monoisotopic (exact) mass is 448 g/mol. The normalized spacial score (nSPS) is 25.7. The van der Waals surface area contributed by atoms with Crippen LogP contribution in [0.15, 0.2) is 48.5 Å². The van der Waals surface area contributed by atoms with Gasteiger partial charge in [0.1, 0.15) is 12.6 Å². The quantitative estimate of drug-likeness (QED) is 0.627. The van der Waals surface area contributed by atoms with Crippen LogP contribution >= 0.6 is 0 Å². The SMILES string of the molecule is C[C@H](NC(=O)OCC1c2ccccc2-c2ccccc21)C(=O)N[C@H]1C[C@H]2CC(C(=O)O)C[C@H]21. The van der Waals surface area contributed by atoms with Crippen molar-refractivity contribution in [2.45, 2.75) is 44.2 Å². The first kappa shape index (κ1) is 21.5. The number of hydrogen-bond acceptors (Lipinski definition) is 4. The fraction of sp³-hybridized carbons (Fsp3) is 0.423. The van der Waals surface area contributed by atoms with Crippen molar-refractivity contribution in [1.29, 1.82) is 0 Å². The lowest BCUT2D eigenvalue weighted by molar-refractivity contribution is -0.141. The summed E-state index contributed by atoms with van der Waals surface area (Å²) in [5.41, 5.74) is 4.58. The zero-order valence-electron chi connectivity index (χ0n) is 18.5. The second kappa shape index (κ2) is 8.54. The van der Waals surface area contributed by atoms with Crippen LogP contribution in [0.2, 0.25) is 0 Å². The minimum atomic E-state index is -0.750. The van der Waals surface area contributed by atoms with E-state index in [4.69, 9.17) is 4.74 Å². The summed E-state index contributed by atoms with van der Waals surface area (Å²) in [6.45, 7) is 1.82. The molecule has 1 unspecified atom stereocenters. The van der Waals surface area contributed by atoms with Crippen molar-refractivity contribution in [3.8, 4) is 11.1 Å². The van der Waals surface area contributed by atoms with Gasteiger partial charge in [0.15, 0.2) is 0 Å². The van der Waals surface area contributed by atoms with E-state index in [1.807, 2.05) is 24.3 Å². The van der Waals surface area contributed by atoms with Crippen molar-refractivity contribution < 1.29 is 24.2 Å². The molecule has 3 aliphatic carbocycles. The van der Waals surface area contributed by atoms with Gasteiger partial charge in [-0.25, -0.2) is 4.79 Å². The van der Waals surface area contributed by atoms with E-state index in [0.29, 0.717) is 18.8 Å². The summed E-state index contributed by atoms with van der Waals surface area (Å²) in [6.07, 6.45) is 1.48. The molecule has 7 heteroatoms. The average molecular weight is 449 g/mol. The highest BCUT2D eigenvalue weighted by atomic mass is 16.5. The Morgan fingerprint density at radius 2 is 1.64 bits per heavy atom. The van der Waals surface area contributed by atoms with Crippen LogP contribution in [-0.2, 0) is 14.3 Å². The number of carboxylic acids is 1. The second-order valence-corrected chi connectivity index (χ2v) is 9.47. The van der Waals surface area contributed by atoms with E-state index in [0.717, 1.165) is 28.7 Å². The summed E-state index contributed by atoms with van der Waals surface area (Å²) >= 11 is 0. The Kier molecular flexibility index (Phi) is 5.56. The molecule has 33 heavy (non-hydrogen) atoms. The summed E-state index contributed by atoms with van der Waals surface area (Å²) in [7, 11) is 0. The summed E-state index contributed by atoms with van der Waals surface area (Å²) in [5.74, 6) is -0.772. The predicted molar refractivity (Wildman–Crippen MR) is 122 cm³/mol. The highest BCUT2D eigenvalue weighted by Crippen LogP contribution is 2.49. The van der Waals surface area contributed by atoms with Gasteiger partial charge >= 0.3 is 12.1 Å². The Hall–Kier alpha value is -3.35. The van der Waals surface area contributed by atoms with Gasteiger partial charge < -0.3 is 20.5 Å². The van der Waals surface area contributed by atoms with Crippen LogP contribution in [0.5, 0.6) is 0 Å². The number of carboxylic acid groups (broad SMARTS) is 1. The molecule has 3 aliphatic rings. The summed E-state index contributed by atoms with van der Waals surface area (Å²) in [5, 5.41) is 14.8. The molecule has 0 aromatic heterocycles. The van der Waals surface area contributed by atoms with Crippen LogP contribution in [0.1, 0.15) is 43.2 Å². The first-order chi connectivity index (χ1) is 15.9. The molecule has 5 rings (SSSR count). The number of fused-ring (bicyclic) bond motifs is 4. The average Bonchev–Trinajstić information content (AvgIpc) is 3.31. The number of carbonyl (C=O) groups excluding carboxylic acids is 2. The van der Waals surface area contributed by atoms with E-state index in [9.17, 15) is 19.5 Å². The second-order valence-electron chi connectivity index (χ2n) is 9.47. The first-order valence-corrected chi connectivity index (χ1v) is 11.6. The fourth-order valence-electron chi connectivity index (χ4n) is 5.78. The summed E-state index contributed by atoms with van der Waals surface area (Å²) < 4.78 is 5.52. The molecule has 0 heterocycles. The molecule has 2 fully saturated rings. The van der Waals surface area contributed by atoms with E-state index in [1.165, 1.54) is 0 Å². The number of nitrogens with one attached hydrogen (secondary N) is 2. The number of carbonyl (C=O) groups is 3. The first-order valence-electron chi connectivity index (χ1n) is 11.6. The van der Waals surface area contributed by atoms with E-state index in [1.54, 1.807) is 6.92 Å². The van der Waals surface area contributed by atoms with Crippen molar-refractivity contribution in [3.05, 3.63) is 59.7 Å². The Labute approximate surface area is 192 Å². The van der Waals surface area contributed by atoms with Crippen molar-refractivity contribution in [1.82, 2.24) is 10.6 Å². The largest absolute Gasteiger partial charge is 0.481 e. The lowest BCUT2D eigenvalue weighted by atomic mass is 9.71. The zero-order valence-corrected chi connectivity index (χ0v) is 18.5.